The molecule has 0 amide bonds. The fourth-order valence-corrected chi connectivity index (χ4v) is 5.80. The van der Waals surface area contributed by atoms with Gasteiger partial charge in [0.1, 0.15) is 5.00 Å². The summed E-state index contributed by atoms with van der Waals surface area (Å²) in [6, 6.07) is 0. The molecule has 4 heteroatoms. The van der Waals surface area contributed by atoms with Crippen molar-refractivity contribution in [1.82, 2.24) is 4.37 Å². The van der Waals surface area contributed by atoms with Crippen LogP contribution in [0.25, 0.3) is 0 Å². The van der Waals surface area contributed by atoms with E-state index in [1.165, 1.54) is 43.6 Å². The third kappa shape index (κ3) is 1.48. The molecule has 2 N–H and O–H groups in total. The monoisotopic (exact) mass is 268 g/mol. The molecule has 92 valence electrons. The van der Waals surface area contributed by atoms with Crippen molar-refractivity contribution in [2.45, 2.75) is 38.0 Å². The molecule has 0 aliphatic heterocycles. The molecular weight excluding hydrogens is 252 g/mol. The molecular formula is C13H17ClN2S. The molecule has 4 aliphatic carbocycles. The van der Waals surface area contributed by atoms with Gasteiger partial charge >= 0.3 is 0 Å². The number of aromatic nitrogens is 1. The molecule has 0 radical (unpaired) electrons. The van der Waals surface area contributed by atoms with E-state index in [1.54, 1.807) is 0 Å². The smallest absolute Gasteiger partial charge is 0.126 e. The van der Waals surface area contributed by atoms with E-state index in [2.05, 4.69) is 4.37 Å². The van der Waals surface area contributed by atoms with Crippen molar-refractivity contribution in [1.29, 1.82) is 0 Å². The van der Waals surface area contributed by atoms with Crippen LogP contribution in [0.1, 0.15) is 43.7 Å². The van der Waals surface area contributed by atoms with Crippen LogP contribution in [0.15, 0.2) is 0 Å². The lowest BCUT2D eigenvalue weighted by atomic mass is 9.51. The van der Waals surface area contributed by atoms with Crippen molar-refractivity contribution in [2.75, 3.05) is 5.73 Å². The molecule has 1 aromatic heterocycles. The fourth-order valence-electron chi connectivity index (χ4n) is 4.88. The quantitative estimate of drug-likeness (QED) is 0.838. The summed E-state index contributed by atoms with van der Waals surface area (Å²) in [5, 5.41) is 1.46. The Balaban J connectivity index is 1.73. The first-order chi connectivity index (χ1) is 8.22. The number of nitrogens with zero attached hydrogens (tertiary/aromatic N) is 1. The largest absolute Gasteiger partial charge is 0.388 e. The van der Waals surface area contributed by atoms with Gasteiger partial charge in [0.2, 0.25) is 0 Å². The minimum absolute atomic E-state index is 0.615. The van der Waals surface area contributed by atoms with Crippen LogP contribution in [0.2, 0.25) is 5.02 Å². The van der Waals surface area contributed by atoms with E-state index in [-0.39, 0.29) is 0 Å². The third-order valence-corrected chi connectivity index (χ3v) is 6.42. The van der Waals surface area contributed by atoms with Crippen LogP contribution in [-0.4, -0.2) is 4.37 Å². The Morgan fingerprint density at radius 3 is 2.12 bits per heavy atom. The number of hydrogen-bond donors (Lipinski definition) is 1. The summed E-state index contributed by atoms with van der Waals surface area (Å²) in [4.78, 5) is 0. The van der Waals surface area contributed by atoms with Gasteiger partial charge in [0.25, 0.3) is 0 Å². The van der Waals surface area contributed by atoms with E-state index in [1.807, 2.05) is 0 Å². The van der Waals surface area contributed by atoms with Crippen molar-refractivity contribution in [3.8, 4) is 0 Å². The van der Waals surface area contributed by atoms with E-state index in [0.29, 0.717) is 10.9 Å². The van der Waals surface area contributed by atoms with Crippen molar-refractivity contribution in [3.63, 3.8) is 0 Å². The lowest BCUT2D eigenvalue weighted by molar-refractivity contribution is -0.00381. The van der Waals surface area contributed by atoms with Crippen LogP contribution in [0.5, 0.6) is 0 Å². The van der Waals surface area contributed by atoms with Crippen LogP contribution in [0, 0.1) is 23.7 Å². The lowest BCUT2D eigenvalue weighted by Gasteiger charge is -2.54. The van der Waals surface area contributed by atoms with Gasteiger partial charge < -0.3 is 5.73 Å². The number of rotatable bonds is 1. The molecule has 0 unspecified atom stereocenters. The third-order valence-electron chi connectivity index (χ3n) is 5.23. The molecule has 2 nitrogen and oxygen atoms in total. The fraction of sp³-hybridized carbons (Fsp3) is 0.769. The average Bonchev–Trinajstić information content (AvgIpc) is 2.60. The summed E-state index contributed by atoms with van der Waals surface area (Å²) in [5.41, 5.74) is 6.99. The number of nitrogens with two attached hydrogens (primary N) is 1. The van der Waals surface area contributed by atoms with Gasteiger partial charge in [-0.15, -0.1) is 0 Å². The van der Waals surface area contributed by atoms with Crippen LogP contribution < -0.4 is 5.73 Å². The maximum absolute atomic E-state index is 6.32. The van der Waals surface area contributed by atoms with Crippen molar-refractivity contribution >= 4 is 28.1 Å². The molecule has 0 aromatic carbocycles. The highest BCUT2D eigenvalue weighted by Crippen LogP contribution is 2.60. The van der Waals surface area contributed by atoms with E-state index in [9.17, 15) is 0 Å². The standard InChI is InChI=1S/C13H17ClN2S/c14-11-12(16-17-13(11)15)10-8-2-6-1-7(4-8)5-9(10)3-6/h6-10H,1-5,15H2. The summed E-state index contributed by atoms with van der Waals surface area (Å²) in [6.07, 6.45) is 7.13. The Hall–Kier alpha value is -0.280. The van der Waals surface area contributed by atoms with Crippen molar-refractivity contribution < 1.29 is 0 Å². The minimum atomic E-state index is 0.615. The highest BCUT2D eigenvalue weighted by Gasteiger charge is 2.49. The van der Waals surface area contributed by atoms with Gasteiger partial charge in [-0.05, 0) is 67.3 Å². The summed E-state index contributed by atoms with van der Waals surface area (Å²) in [6.45, 7) is 0. The van der Waals surface area contributed by atoms with Gasteiger partial charge in [-0.3, -0.25) is 0 Å². The molecule has 5 rings (SSSR count). The lowest BCUT2D eigenvalue weighted by Crippen LogP contribution is -2.43. The van der Waals surface area contributed by atoms with Crippen LogP contribution in [0.4, 0.5) is 5.00 Å². The molecule has 4 saturated carbocycles. The van der Waals surface area contributed by atoms with Gasteiger partial charge in [0.05, 0.1) is 10.7 Å². The van der Waals surface area contributed by atoms with Gasteiger partial charge in [-0.1, -0.05) is 11.6 Å². The molecule has 0 spiro atoms. The second-order valence-corrected chi connectivity index (χ2v) is 7.39. The van der Waals surface area contributed by atoms with E-state index in [4.69, 9.17) is 17.3 Å². The van der Waals surface area contributed by atoms with Gasteiger partial charge in [0.15, 0.2) is 0 Å². The Morgan fingerprint density at radius 1 is 1.06 bits per heavy atom. The summed E-state index contributed by atoms with van der Waals surface area (Å²) in [7, 11) is 0. The van der Waals surface area contributed by atoms with Crippen molar-refractivity contribution in [3.05, 3.63) is 10.7 Å². The predicted molar refractivity (Wildman–Crippen MR) is 71.3 cm³/mol. The van der Waals surface area contributed by atoms with E-state index in [0.717, 1.165) is 34.4 Å². The minimum Gasteiger partial charge on any atom is -0.388 e. The summed E-state index contributed by atoms with van der Waals surface area (Å²) < 4.78 is 4.55. The Bertz CT molecular complexity index is 428. The first kappa shape index (κ1) is 10.6. The highest BCUT2D eigenvalue weighted by molar-refractivity contribution is 7.10. The number of hydrogen-bond acceptors (Lipinski definition) is 3. The first-order valence-corrected chi connectivity index (χ1v) is 7.78. The Kier molecular flexibility index (Phi) is 2.26. The molecule has 1 heterocycles. The first-order valence-electron chi connectivity index (χ1n) is 6.63. The molecule has 0 saturated heterocycles. The Labute approximate surface area is 111 Å². The summed E-state index contributed by atoms with van der Waals surface area (Å²) in [5.74, 6) is 4.30. The topological polar surface area (TPSA) is 38.9 Å². The highest BCUT2D eigenvalue weighted by atomic mass is 35.5. The zero-order valence-electron chi connectivity index (χ0n) is 9.73. The van der Waals surface area contributed by atoms with Gasteiger partial charge in [0, 0.05) is 5.92 Å². The molecule has 4 fully saturated rings. The number of anilines is 1. The zero-order chi connectivity index (χ0) is 11.6. The average molecular weight is 269 g/mol. The molecule has 17 heavy (non-hydrogen) atoms. The Morgan fingerprint density at radius 2 is 1.65 bits per heavy atom. The van der Waals surface area contributed by atoms with Gasteiger partial charge in [-0.2, -0.15) is 4.37 Å². The van der Waals surface area contributed by atoms with E-state index >= 15 is 0 Å². The SMILES string of the molecule is Nc1snc(C2C3CC4CC(C3)CC2C4)c1Cl. The van der Waals surface area contributed by atoms with Crippen LogP contribution in [-0.2, 0) is 0 Å². The molecule has 0 atom stereocenters. The molecule has 1 aromatic rings. The zero-order valence-corrected chi connectivity index (χ0v) is 11.3. The maximum atomic E-state index is 6.32. The predicted octanol–water partition coefficient (Wildman–Crippen LogP) is 3.92. The van der Waals surface area contributed by atoms with Crippen molar-refractivity contribution in [2.24, 2.45) is 23.7 Å². The van der Waals surface area contributed by atoms with E-state index < -0.39 is 0 Å². The summed E-state index contributed by atoms with van der Waals surface area (Å²) >= 11 is 7.70. The van der Waals surface area contributed by atoms with Crippen LogP contribution in [0.3, 0.4) is 0 Å². The number of halogens is 1. The number of nitrogen functional groups attached to an aromatic ring is 1. The second kappa shape index (κ2) is 3.61. The van der Waals surface area contributed by atoms with Crippen LogP contribution >= 0.6 is 23.1 Å². The molecule has 4 aliphatic rings. The second-order valence-electron chi connectivity index (χ2n) is 6.20. The normalized spacial score (nSPS) is 43.2. The maximum Gasteiger partial charge on any atom is 0.126 e. The molecule has 4 bridgehead atoms. The van der Waals surface area contributed by atoms with Gasteiger partial charge in [-0.25, -0.2) is 0 Å².